The monoisotopic (exact) mass is 477 g/mol. The zero-order valence-electron chi connectivity index (χ0n) is 17.9. The second-order valence-electron chi connectivity index (χ2n) is 8.47. The van der Waals surface area contributed by atoms with Crippen molar-refractivity contribution in [1.29, 1.82) is 0 Å². The van der Waals surface area contributed by atoms with E-state index in [1.54, 1.807) is 12.1 Å². The average Bonchev–Trinajstić information content (AvgIpc) is 2.64. The summed E-state index contributed by atoms with van der Waals surface area (Å²) in [6.07, 6.45) is 0. The van der Waals surface area contributed by atoms with Crippen LogP contribution in [0, 0.1) is 6.92 Å². The van der Waals surface area contributed by atoms with E-state index in [0.29, 0.717) is 5.56 Å². The number of amides is 1. The predicted octanol–water partition coefficient (Wildman–Crippen LogP) is 4.19. The van der Waals surface area contributed by atoms with Crippen molar-refractivity contribution in [3.63, 3.8) is 0 Å². The fourth-order valence-corrected chi connectivity index (χ4v) is 5.15. The summed E-state index contributed by atoms with van der Waals surface area (Å²) in [7, 11) is -9.47. The molecule has 10 heteroatoms. The number of anilines is 1. The highest BCUT2D eigenvalue weighted by molar-refractivity contribution is 7.86. The molecular weight excluding hydrogens is 454 g/mol. The Morgan fingerprint density at radius 3 is 2.03 bits per heavy atom. The van der Waals surface area contributed by atoms with Crippen molar-refractivity contribution in [2.45, 2.75) is 42.9 Å². The van der Waals surface area contributed by atoms with Crippen molar-refractivity contribution in [3.8, 4) is 0 Å². The molecule has 0 fully saturated rings. The van der Waals surface area contributed by atoms with E-state index in [-0.39, 0.29) is 21.9 Å². The zero-order valence-corrected chi connectivity index (χ0v) is 19.5. The molecule has 3 aromatic carbocycles. The van der Waals surface area contributed by atoms with Gasteiger partial charge in [-0.3, -0.25) is 13.9 Å². The normalized spacial score (nSPS) is 12.7. The molecule has 0 saturated heterocycles. The lowest BCUT2D eigenvalue weighted by atomic mass is 9.83. The van der Waals surface area contributed by atoms with Gasteiger partial charge in [-0.1, -0.05) is 39.0 Å². The van der Waals surface area contributed by atoms with Crippen LogP contribution in [0.15, 0.2) is 58.3 Å². The molecule has 0 spiro atoms. The molecule has 0 aromatic heterocycles. The van der Waals surface area contributed by atoms with E-state index in [1.807, 2.05) is 13.0 Å². The van der Waals surface area contributed by atoms with Crippen LogP contribution in [0.4, 0.5) is 5.69 Å². The minimum absolute atomic E-state index is 0.0387. The third-order valence-electron chi connectivity index (χ3n) is 5.06. The minimum Gasteiger partial charge on any atom is -0.321 e. The average molecular weight is 478 g/mol. The minimum atomic E-state index is -4.77. The van der Waals surface area contributed by atoms with Gasteiger partial charge in [-0.15, -0.1) is 0 Å². The number of carbonyl (C=O) groups is 1. The van der Waals surface area contributed by atoms with E-state index < -0.39 is 35.9 Å². The van der Waals surface area contributed by atoms with Gasteiger partial charge in [0.05, 0.1) is 5.69 Å². The molecule has 0 aliphatic rings. The molecule has 0 aliphatic carbocycles. The molecule has 3 aromatic rings. The van der Waals surface area contributed by atoms with Gasteiger partial charge in [0, 0.05) is 16.3 Å². The fraction of sp³-hybridized carbons (Fsp3) is 0.227. The Labute approximate surface area is 186 Å². The summed E-state index contributed by atoms with van der Waals surface area (Å²) in [6, 6.07) is 11.0. The number of nitrogens with one attached hydrogen (secondary N) is 1. The number of fused-ring (bicyclic) bond motifs is 1. The van der Waals surface area contributed by atoms with Crippen LogP contribution >= 0.6 is 0 Å². The summed E-state index contributed by atoms with van der Waals surface area (Å²) in [5.74, 6) is -0.556. The SMILES string of the molecule is Cc1cc(C(=O)Nc2ccc(S(=O)(=O)O)c3cccc(S(=O)(=O)O)c23)ccc1C(C)(C)C. The Kier molecular flexibility index (Phi) is 5.94. The van der Waals surface area contributed by atoms with Gasteiger partial charge in [-0.05, 0) is 53.8 Å². The molecule has 0 saturated carbocycles. The van der Waals surface area contributed by atoms with E-state index in [1.165, 1.54) is 12.1 Å². The van der Waals surface area contributed by atoms with Gasteiger partial charge in [0.2, 0.25) is 0 Å². The van der Waals surface area contributed by atoms with Gasteiger partial charge in [0.1, 0.15) is 9.79 Å². The first kappa shape index (κ1) is 23.9. The molecular formula is C22H23NO7S2. The lowest BCUT2D eigenvalue weighted by molar-refractivity contribution is 0.102. The van der Waals surface area contributed by atoms with E-state index >= 15 is 0 Å². The maximum atomic E-state index is 12.9. The fourth-order valence-electron chi connectivity index (χ4n) is 3.73. The van der Waals surface area contributed by atoms with E-state index in [4.69, 9.17) is 0 Å². The molecule has 8 nitrogen and oxygen atoms in total. The Hall–Kier alpha value is -2.79. The highest BCUT2D eigenvalue weighted by Gasteiger charge is 2.24. The number of rotatable bonds is 4. The van der Waals surface area contributed by atoms with Crippen LogP contribution in [-0.2, 0) is 25.7 Å². The molecule has 32 heavy (non-hydrogen) atoms. The van der Waals surface area contributed by atoms with Crippen molar-refractivity contribution >= 4 is 42.6 Å². The van der Waals surface area contributed by atoms with Crippen molar-refractivity contribution < 1.29 is 30.7 Å². The topological polar surface area (TPSA) is 138 Å². The number of hydrogen-bond acceptors (Lipinski definition) is 5. The molecule has 1 amide bonds. The first-order valence-corrected chi connectivity index (χ1v) is 12.4. The molecule has 0 radical (unpaired) electrons. The van der Waals surface area contributed by atoms with Gasteiger partial charge < -0.3 is 5.32 Å². The summed E-state index contributed by atoms with van der Waals surface area (Å²) in [5, 5.41) is 2.19. The summed E-state index contributed by atoms with van der Waals surface area (Å²) in [4.78, 5) is 11.8. The summed E-state index contributed by atoms with van der Waals surface area (Å²) < 4.78 is 66.6. The Morgan fingerprint density at radius 2 is 1.50 bits per heavy atom. The Morgan fingerprint density at radius 1 is 0.875 bits per heavy atom. The Bertz CT molecular complexity index is 1450. The van der Waals surface area contributed by atoms with Crippen molar-refractivity contribution in [3.05, 3.63) is 65.2 Å². The lowest BCUT2D eigenvalue weighted by Gasteiger charge is -2.22. The summed E-state index contributed by atoms with van der Waals surface area (Å²) in [6.45, 7) is 8.03. The molecule has 0 atom stereocenters. The van der Waals surface area contributed by atoms with Crippen molar-refractivity contribution in [2.75, 3.05) is 5.32 Å². The molecule has 170 valence electrons. The summed E-state index contributed by atoms with van der Waals surface area (Å²) >= 11 is 0. The van der Waals surface area contributed by atoms with Crippen LogP contribution < -0.4 is 5.32 Å². The van der Waals surface area contributed by atoms with Crippen LogP contribution in [-0.4, -0.2) is 31.8 Å². The van der Waals surface area contributed by atoms with Crippen LogP contribution in [0.2, 0.25) is 0 Å². The second-order valence-corrected chi connectivity index (χ2v) is 11.3. The molecule has 0 bridgehead atoms. The standard InChI is InChI=1S/C22H23NO7S2/c1-13-12-14(8-9-16(13)22(2,3)4)21(24)23-17-10-11-18(31(25,26)27)15-6-5-7-19(20(15)17)32(28,29)30/h5-12H,1-4H3,(H,23,24)(H,25,26,27)(H,28,29,30). The lowest BCUT2D eigenvalue weighted by Crippen LogP contribution is -2.16. The Balaban J connectivity index is 2.18. The number of hydrogen-bond donors (Lipinski definition) is 3. The number of benzene rings is 3. The van der Waals surface area contributed by atoms with E-state index in [9.17, 15) is 30.7 Å². The van der Waals surface area contributed by atoms with Crippen LogP contribution in [0.3, 0.4) is 0 Å². The third-order valence-corrected chi connectivity index (χ3v) is 6.87. The highest BCUT2D eigenvalue weighted by Crippen LogP contribution is 2.35. The smallest absolute Gasteiger partial charge is 0.295 e. The zero-order chi connectivity index (χ0) is 24.1. The van der Waals surface area contributed by atoms with Gasteiger partial charge in [0.25, 0.3) is 26.1 Å². The summed E-state index contributed by atoms with van der Waals surface area (Å²) in [5.41, 5.74) is 2.11. The number of aryl methyl sites for hydroxylation is 1. The van der Waals surface area contributed by atoms with Crippen LogP contribution in [0.1, 0.15) is 42.3 Å². The quantitative estimate of drug-likeness (QED) is 0.479. The molecule has 0 heterocycles. The third kappa shape index (κ3) is 4.68. The van der Waals surface area contributed by atoms with Crippen molar-refractivity contribution in [1.82, 2.24) is 0 Å². The second kappa shape index (κ2) is 7.96. The predicted molar refractivity (Wildman–Crippen MR) is 121 cm³/mol. The molecule has 3 N–H and O–H groups in total. The maximum absolute atomic E-state index is 12.9. The first-order valence-electron chi connectivity index (χ1n) is 9.54. The van der Waals surface area contributed by atoms with Gasteiger partial charge >= 0.3 is 0 Å². The largest absolute Gasteiger partial charge is 0.321 e. The first-order chi connectivity index (χ1) is 14.6. The highest BCUT2D eigenvalue weighted by atomic mass is 32.2. The molecule has 0 aliphatic heterocycles. The van der Waals surface area contributed by atoms with E-state index in [0.717, 1.165) is 29.3 Å². The van der Waals surface area contributed by atoms with Gasteiger partial charge in [0.15, 0.2) is 0 Å². The van der Waals surface area contributed by atoms with Crippen molar-refractivity contribution in [2.24, 2.45) is 0 Å². The molecule has 0 unspecified atom stereocenters. The number of carbonyl (C=O) groups excluding carboxylic acids is 1. The maximum Gasteiger partial charge on any atom is 0.295 e. The van der Waals surface area contributed by atoms with Crippen LogP contribution in [0.25, 0.3) is 10.8 Å². The molecule has 3 rings (SSSR count). The van der Waals surface area contributed by atoms with E-state index in [2.05, 4.69) is 26.1 Å². The van der Waals surface area contributed by atoms with Gasteiger partial charge in [-0.2, -0.15) is 16.8 Å². The van der Waals surface area contributed by atoms with Crippen LogP contribution in [0.5, 0.6) is 0 Å². The van der Waals surface area contributed by atoms with Gasteiger partial charge in [-0.25, -0.2) is 0 Å².